The molecule has 0 N–H and O–H groups in total. The smallest absolute Gasteiger partial charge is 0.000671 e. The van der Waals surface area contributed by atoms with Gasteiger partial charge in [-0.3, -0.25) is 0 Å². The maximum absolute atomic E-state index is 2.34. The van der Waals surface area contributed by atoms with E-state index < -0.39 is 0 Å². The molecule has 2 aliphatic carbocycles. The molecule has 8 rings (SSSR count). The van der Waals surface area contributed by atoms with Gasteiger partial charge in [-0.25, -0.2) is 0 Å². The van der Waals surface area contributed by atoms with Crippen molar-refractivity contribution in [1.82, 2.24) is 0 Å². The van der Waals surface area contributed by atoms with Crippen molar-refractivity contribution in [3.8, 4) is 55.6 Å². The third kappa shape index (κ3) is 3.99. The van der Waals surface area contributed by atoms with E-state index in [9.17, 15) is 0 Å². The number of allylic oxidation sites excluding steroid dienone is 4. The zero-order valence-corrected chi connectivity index (χ0v) is 23.4. The van der Waals surface area contributed by atoms with Crippen molar-refractivity contribution in [2.45, 2.75) is 12.8 Å². The van der Waals surface area contributed by atoms with Gasteiger partial charge in [0.25, 0.3) is 0 Å². The first-order valence-electron chi connectivity index (χ1n) is 14.8. The summed E-state index contributed by atoms with van der Waals surface area (Å²) in [5.74, 6) is 0. The lowest BCUT2D eigenvalue weighted by molar-refractivity contribution is 1.24. The number of fused-ring (bicyclic) bond motifs is 3. The zero-order chi connectivity index (χ0) is 27.9. The monoisotopic (exact) mass is 534 g/mol. The van der Waals surface area contributed by atoms with Gasteiger partial charge >= 0.3 is 0 Å². The second kappa shape index (κ2) is 10.3. The van der Waals surface area contributed by atoms with Crippen molar-refractivity contribution in [3.05, 3.63) is 174 Å². The van der Waals surface area contributed by atoms with E-state index in [0.717, 1.165) is 12.8 Å². The summed E-state index contributed by atoms with van der Waals surface area (Å²) in [4.78, 5) is 0. The van der Waals surface area contributed by atoms with Gasteiger partial charge in [-0.2, -0.15) is 0 Å². The van der Waals surface area contributed by atoms with Crippen molar-refractivity contribution < 1.29 is 0 Å². The maximum atomic E-state index is 2.34. The Balaban J connectivity index is 1.60. The Bertz CT molecular complexity index is 1980. The summed E-state index contributed by atoms with van der Waals surface area (Å²) < 4.78 is 0. The molecule has 0 spiro atoms. The molecule has 0 fully saturated rings. The molecule has 0 aromatic heterocycles. The van der Waals surface area contributed by atoms with E-state index in [4.69, 9.17) is 0 Å². The topological polar surface area (TPSA) is 0 Å². The lowest BCUT2D eigenvalue weighted by Gasteiger charge is -2.26. The van der Waals surface area contributed by atoms with Gasteiger partial charge in [0.1, 0.15) is 0 Å². The normalized spacial score (nSPS) is 13.1. The highest BCUT2D eigenvalue weighted by Crippen LogP contribution is 2.57. The zero-order valence-electron chi connectivity index (χ0n) is 23.4. The van der Waals surface area contributed by atoms with Gasteiger partial charge < -0.3 is 0 Å². The molecule has 6 aromatic carbocycles. The van der Waals surface area contributed by atoms with Crippen LogP contribution in [0.3, 0.4) is 0 Å². The molecular formula is C42H30. The number of benzene rings is 6. The molecule has 42 heavy (non-hydrogen) atoms. The van der Waals surface area contributed by atoms with Crippen LogP contribution < -0.4 is 0 Å². The lowest BCUT2D eigenvalue weighted by Crippen LogP contribution is -2.03. The van der Waals surface area contributed by atoms with Crippen molar-refractivity contribution in [2.24, 2.45) is 0 Å². The van der Waals surface area contributed by atoms with Crippen LogP contribution in [0.25, 0.3) is 61.2 Å². The molecule has 0 nitrogen and oxygen atoms in total. The van der Waals surface area contributed by atoms with Gasteiger partial charge in [-0.15, -0.1) is 0 Å². The molecule has 0 radical (unpaired) electrons. The van der Waals surface area contributed by atoms with Crippen molar-refractivity contribution in [2.75, 3.05) is 0 Å². The van der Waals surface area contributed by atoms with Crippen LogP contribution in [0.5, 0.6) is 0 Å². The van der Waals surface area contributed by atoms with Gasteiger partial charge in [-0.1, -0.05) is 158 Å². The number of hydrogen-bond donors (Lipinski definition) is 0. The van der Waals surface area contributed by atoms with Gasteiger partial charge in [-0.05, 0) is 90.7 Å². The highest BCUT2D eigenvalue weighted by atomic mass is 14.4. The molecule has 0 atom stereocenters. The summed E-state index contributed by atoms with van der Waals surface area (Å²) in [5.41, 5.74) is 18.7. The van der Waals surface area contributed by atoms with Crippen LogP contribution in [0, 0.1) is 0 Å². The minimum absolute atomic E-state index is 0.923. The summed E-state index contributed by atoms with van der Waals surface area (Å²) in [6.45, 7) is 0. The molecular weight excluding hydrogens is 504 g/mol. The fourth-order valence-corrected chi connectivity index (χ4v) is 7.01. The fraction of sp³-hybridized carbons (Fsp3) is 0.0476. The van der Waals surface area contributed by atoms with Gasteiger partial charge in [0, 0.05) is 0 Å². The van der Waals surface area contributed by atoms with Crippen molar-refractivity contribution in [3.63, 3.8) is 0 Å². The Morgan fingerprint density at radius 2 is 0.881 bits per heavy atom. The molecule has 0 amide bonds. The third-order valence-corrected chi connectivity index (χ3v) is 8.74. The van der Waals surface area contributed by atoms with Crippen LogP contribution in [0.4, 0.5) is 0 Å². The molecule has 0 bridgehead atoms. The summed E-state index contributed by atoms with van der Waals surface area (Å²) >= 11 is 0. The van der Waals surface area contributed by atoms with Crippen LogP contribution in [0.2, 0.25) is 0 Å². The van der Waals surface area contributed by atoms with E-state index in [1.165, 1.54) is 77.9 Å². The number of hydrogen-bond acceptors (Lipinski definition) is 0. The average Bonchev–Trinajstić information content (AvgIpc) is 3.74. The predicted octanol–water partition coefficient (Wildman–Crippen LogP) is 11.3. The van der Waals surface area contributed by atoms with E-state index in [2.05, 4.69) is 158 Å². The largest absolute Gasteiger partial charge is 0.0801 e. The SMILES string of the molecule is C1=CCC(c2c3c(c(-c4ccccc4)c(-c4ccccc4)c2-c2ccccc2)-c2c(cccc2-c2ccccc2)C3)=C1. The highest BCUT2D eigenvalue weighted by molar-refractivity contribution is 6.11. The third-order valence-electron chi connectivity index (χ3n) is 8.74. The first kappa shape index (κ1) is 24.6. The second-order valence-electron chi connectivity index (χ2n) is 11.2. The minimum atomic E-state index is 0.923. The van der Waals surface area contributed by atoms with E-state index in [1.807, 2.05) is 0 Å². The lowest BCUT2D eigenvalue weighted by atomic mass is 9.76. The van der Waals surface area contributed by atoms with Crippen LogP contribution in [0.15, 0.2) is 158 Å². The van der Waals surface area contributed by atoms with E-state index >= 15 is 0 Å². The van der Waals surface area contributed by atoms with Gasteiger partial charge in [0.15, 0.2) is 0 Å². The average molecular weight is 535 g/mol. The molecule has 0 heteroatoms. The molecule has 0 heterocycles. The molecule has 2 aliphatic rings. The van der Waals surface area contributed by atoms with E-state index in [-0.39, 0.29) is 0 Å². The standard InChI is InChI=1S/C42H30/c1-5-16-29(17-6-1)35-27-15-26-34-28-36-37(30-24-13-14-25-30)39(31-18-7-2-8-19-31)40(32-20-9-3-10-21-32)41(42(36)38(34)35)33-22-11-4-12-23-33/h1-24,26-27H,25,28H2. The van der Waals surface area contributed by atoms with Crippen LogP contribution in [-0.4, -0.2) is 0 Å². The summed E-state index contributed by atoms with van der Waals surface area (Å²) in [6.07, 6.45) is 8.72. The Morgan fingerprint density at radius 3 is 1.40 bits per heavy atom. The summed E-state index contributed by atoms with van der Waals surface area (Å²) in [5, 5.41) is 0. The minimum Gasteiger partial charge on any atom is -0.0801 e. The predicted molar refractivity (Wildman–Crippen MR) is 178 cm³/mol. The fourth-order valence-electron chi connectivity index (χ4n) is 7.01. The highest BCUT2D eigenvalue weighted by Gasteiger charge is 2.34. The first-order chi connectivity index (χ1) is 20.9. The van der Waals surface area contributed by atoms with Crippen molar-refractivity contribution >= 4 is 5.57 Å². The maximum Gasteiger partial charge on any atom is -0.000671 e. The molecule has 0 unspecified atom stereocenters. The summed E-state index contributed by atoms with van der Waals surface area (Å²) in [6, 6.07) is 50.9. The summed E-state index contributed by atoms with van der Waals surface area (Å²) in [7, 11) is 0. The van der Waals surface area contributed by atoms with E-state index in [1.54, 1.807) is 0 Å². The van der Waals surface area contributed by atoms with Crippen molar-refractivity contribution in [1.29, 1.82) is 0 Å². The molecule has 0 saturated carbocycles. The van der Waals surface area contributed by atoms with Gasteiger partial charge in [0.05, 0.1) is 0 Å². The molecule has 198 valence electrons. The Morgan fingerprint density at radius 1 is 0.381 bits per heavy atom. The van der Waals surface area contributed by atoms with E-state index in [0.29, 0.717) is 0 Å². The van der Waals surface area contributed by atoms with Crippen LogP contribution >= 0.6 is 0 Å². The first-order valence-corrected chi connectivity index (χ1v) is 14.8. The van der Waals surface area contributed by atoms with Gasteiger partial charge in [0.2, 0.25) is 0 Å². The molecule has 0 saturated heterocycles. The van der Waals surface area contributed by atoms with Crippen LogP contribution in [-0.2, 0) is 6.42 Å². The molecule has 6 aromatic rings. The number of rotatable bonds is 5. The van der Waals surface area contributed by atoms with Crippen LogP contribution in [0.1, 0.15) is 23.1 Å². The Hall–Kier alpha value is -5.20. The quantitative estimate of drug-likeness (QED) is 0.206. The second-order valence-corrected chi connectivity index (χ2v) is 11.2. The Kier molecular flexibility index (Phi) is 6.04. The Labute approximate surface area is 248 Å². The molecule has 0 aliphatic heterocycles.